The van der Waals surface area contributed by atoms with Gasteiger partial charge in [0.25, 0.3) is 5.91 Å². The Morgan fingerprint density at radius 2 is 1.61 bits per heavy atom. The number of anilines is 4. The number of hydrogen-bond acceptors (Lipinski definition) is 5. The lowest BCUT2D eigenvalue weighted by Crippen LogP contribution is -2.19. The first kappa shape index (κ1) is 19.0. The smallest absolute Gasteiger partial charge is 0.276 e. The van der Waals surface area contributed by atoms with Crippen molar-refractivity contribution in [3.05, 3.63) is 72.4 Å². The number of carbonyl (C=O) groups excluding carboxylic acids is 2. The summed E-state index contributed by atoms with van der Waals surface area (Å²) in [6, 6.07) is 20.2. The van der Waals surface area contributed by atoms with Crippen molar-refractivity contribution >= 4 is 34.7 Å². The number of amides is 2. The summed E-state index contributed by atoms with van der Waals surface area (Å²) < 4.78 is 0. The molecule has 0 saturated carbocycles. The molecule has 3 aromatic rings. The quantitative estimate of drug-likeness (QED) is 0.683. The Hall–Kier alpha value is -3.74. The molecule has 0 fully saturated rings. The van der Waals surface area contributed by atoms with Gasteiger partial charge in [-0.05, 0) is 49.4 Å². The van der Waals surface area contributed by atoms with Gasteiger partial charge in [-0.2, -0.15) is 0 Å². The van der Waals surface area contributed by atoms with Crippen LogP contribution in [0.15, 0.2) is 66.7 Å². The van der Waals surface area contributed by atoms with Gasteiger partial charge in [0.15, 0.2) is 11.5 Å². The van der Waals surface area contributed by atoms with Crippen LogP contribution in [0.2, 0.25) is 0 Å². The van der Waals surface area contributed by atoms with Crippen molar-refractivity contribution < 1.29 is 9.59 Å². The van der Waals surface area contributed by atoms with E-state index in [1.807, 2.05) is 42.2 Å². The van der Waals surface area contributed by atoms with Crippen LogP contribution in [0.25, 0.3) is 0 Å². The van der Waals surface area contributed by atoms with Crippen LogP contribution in [0.4, 0.5) is 22.9 Å². The number of carbonyl (C=O) groups is 2. The van der Waals surface area contributed by atoms with Gasteiger partial charge in [0.05, 0.1) is 0 Å². The first-order valence-corrected chi connectivity index (χ1v) is 8.92. The van der Waals surface area contributed by atoms with E-state index >= 15 is 0 Å². The van der Waals surface area contributed by atoms with E-state index in [9.17, 15) is 9.59 Å². The average Bonchev–Trinajstić information content (AvgIpc) is 2.70. The third-order valence-electron chi connectivity index (χ3n) is 3.98. The van der Waals surface area contributed by atoms with E-state index in [1.54, 1.807) is 36.4 Å². The van der Waals surface area contributed by atoms with Crippen molar-refractivity contribution in [2.45, 2.75) is 13.8 Å². The molecule has 0 spiro atoms. The summed E-state index contributed by atoms with van der Waals surface area (Å²) in [7, 11) is 0. The highest BCUT2D eigenvalue weighted by Crippen LogP contribution is 2.22. The molecular formula is C21H21N5O2. The molecule has 0 radical (unpaired) electrons. The number of nitrogens with one attached hydrogen (secondary N) is 2. The van der Waals surface area contributed by atoms with E-state index in [0.29, 0.717) is 17.2 Å². The fraction of sp³-hybridized carbons (Fsp3) is 0.143. The van der Waals surface area contributed by atoms with Gasteiger partial charge in [-0.1, -0.05) is 24.3 Å². The second-order valence-electron chi connectivity index (χ2n) is 6.07. The Bertz CT molecular complexity index is 958. The molecular weight excluding hydrogens is 354 g/mol. The maximum Gasteiger partial charge on any atom is 0.276 e. The van der Waals surface area contributed by atoms with Crippen LogP contribution in [0.5, 0.6) is 0 Å². The van der Waals surface area contributed by atoms with Crippen molar-refractivity contribution in [1.82, 2.24) is 10.2 Å². The third kappa shape index (κ3) is 4.70. The molecule has 2 aromatic carbocycles. The second-order valence-corrected chi connectivity index (χ2v) is 6.07. The summed E-state index contributed by atoms with van der Waals surface area (Å²) in [5.74, 6) is 0.114. The predicted octanol–water partition coefficient (Wildman–Crippen LogP) is 3.85. The lowest BCUT2D eigenvalue weighted by Gasteiger charge is -2.21. The molecule has 2 amide bonds. The molecule has 0 aliphatic rings. The third-order valence-corrected chi connectivity index (χ3v) is 3.98. The van der Waals surface area contributed by atoms with Crippen LogP contribution in [-0.2, 0) is 4.79 Å². The standard InChI is InChI=1S/C21H21N5O2/c1-3-26(18-10-5-4-6-11-18)20-13-12-19(24-25-20)21(28)23-17-9-7-8-16(14-17)22-15(2)27/h4-14H,3H2,1-2H3,(H,22,27)(H,23,28). The van der Waals surface area contributed by atoms with E-state index in [4.69, 9.17) is 0 Å². The number of aromatic nitrogens is 2. The molecule has 1 heterocycles. The largest absolute Gasteiger partial charge is 0.326 e. The molecule has 0 saturated heterocycles. The van der Waals surface area contributed by atoms with Gasteiger partial charge in [-0.3, -0.25) is 9.59 Å². The summed E-state index contributed by atoms with van der Waals surface area (Å²) >= 11 is 0. The summed E-state index contributed by atoms with van der Waals surface area (Å²) in [6.07, 6.45) is 0. The zero-order valence-corrected chi connectivity index (χ0v) is 15.7. The Kier molecular flexibility index (Phi) is 5.96. The molecule has 142 valence electrons. The molecule has 28 heavy (non-hydrogen) atoms. The Morgan fingerprint density at radius 3 is 2.21 bits per heavy atom. The van der Waals surface area contributed by atoms with Crippen molar-refractivity contribution in [2.75, 3.05) is 22.1 Å². The zero-order valence-electron chi connectivity index (χ0n) is 15.7. The van der Waals surface area contributed by atoms with Gasteiger partial charge in [0.1, 0.15) is 0 Å². The van der Waals surface area contributed by atoms with Crippen LogP contribution in [0.1, 0.15) is 24.3 Å². The van der Waals surface area contributed by atoms with Crippen molar-refractivity contribution in [1.29, 1.82) is 0 Å². The normalized spacial score (nSPS) is 10.2. The molecule has 0 aliphatic heterocycles. The fourth-order valence-electron chi connectivity index (χ4n) is 2.75. The second kappa shape index (κ2) is 8.77. The molecule has 0 bridgehead atoms. The molecule has 1 aromatic heterocycles. The number of rotatable bonds is 6. The van der Waals surface area contributed by atoms with Crippen molar-refractivity contribution in [2.24, 2.45) is 0 Å². The first-order chi connectivity index (χ1) is 13.6. The molecule has 3 rings (SSSR count). The number of benzene rings is 2. The van der Waals surface area contributed by atoms with Crippen molar-refractivity contribution in [3.8, 4) is 0 Å². The highest BCUT2D eigenvalue weighted by atomic mass is 16.2. The average molecular weight is 375 g/mol. The number of hydrogen-bond donors (Lipinski definition) is 2. The molecule has 0 atom stereocenters. The maximum atomic E-state index is 12.5. The van der Waals surface area contributed by atoms with Gasteiger partial charge >= 0.3 is 0 Å². The van der Waals surface area contributed by atoms with Crippen LogP contribution < -0.4 is 15.5 Å². The van der Waals surface area contributed by atoms with Gasteiger partial charge in [-0.25, -0.2) is 0 Å². The number of para-hydroxylation sites is 1. The van der Waals surface area contributed by atoms with Crippen LogP contribution >= 0.6 is 0 Å². The number of nitrogens with zero attached hydrogens (tertiary/aromatic N) is 3. The van der Waals surface area contributed by atoms with Gasteiger partial charge < -0.3 is 15.5 Å². The van der Waals surface area contributed by atoms with Crippen LogP contribution in [0, 0.1) is 0 Å². The minimum Gasteiger partial charge on any atom is -0.326 e. The summed E-state index contributed by atoms with van der Waals surface area (Å²) in [6.45, 7) is 4.18. The zero-order chi connectivity index (χ0) is 19.9. The van der Waals surface area contributed by atoms with Gasteiger partial charge in [-0.15, -0.1) is 10.2 Å². The van der Waals surface area contributed by atoms with Crippen LogP contribution in [0.3, 0.4) is 0 Å². The fourth-order valence-corrected chi connectivity index (χ4v) is 2.75. The Labute approximate surface area is 163 Å². The SMILES string of the molecule is CCN(c1ccccc1)c1ccc(C(=O)Nc2cccc(NC(C)=O)c2)nn1. The molecule has 2 N–H and O–H groups in total. The molecule has 0 unspecified atom stereocenters. The van der Waals surface area contributed by atoms with Crippen molar-refractivity contribution in [3.63, 3.8) is 0 Å². The minimum atomic E-state index is -0.373. The summed E-state index contributed by atoms with van der Waals surface area (Å²) in [5, 5.41) is 13.7. The first-order valence-electron chi connectivity index (χ1n) is 8.92. The lowest BCUT2D eigenvalue weighted by atomic mass is 10.2. The monoisotopic (exact) mass is 375 g/mol. The van der Waals surface area contributed by atoms with Crippen LogP contribution in [-0.4, -0.2) is 28.6 Å². The lowest BCUT2D eigenvalue weighted by molar-refractivity contribution is -0.114. The van der Waals surface area contributed by atoms with E-state index < -0.39 is 0 Å². The highest BCUT2D eigenvalue weighted by Gasteiger charge is 2.13. The summed E-state index contributed by atoms with van der Waals surface area (Å²) in [4.78, 5) is 25.6. The maximum absolute atomic E-state index is 12.5. The van der Waals surface area contributed by atoms with Gasteiger partial charge in [0.2, 0.25) is 5.91 Å². The van der Waals surface area contributed by atoms with Gasteiger partial charge in [0, 0.05) is 30.5 Å². The minimum absolute atomic E-state index is 0.177. The van der Waals surface area contributed by atoms with E-state index in [-0.39, 0.29) is 17.5 Å². The molecule has 7 heteroatoms. The summed E-state index contributed by atoms with van der Waals surface area (Å²) in [5.41, 5.74) is 2.37. The predicted molar refractivity (Wildman–Crippen MR) is 110 cm³/mol. The Morgan fingerprint density at radius 1 is 0.893 bits per heavy atom. The molecule has 7 nitrogen and oxygen atoms in total. The Balaban J connectivity index is 1.72. The molecule has 0 aliphatic carbocycles. The topological polar surface area (TPSA) is 87.2 Å². The van der Waals surface area contributed by atoms with E-state index in [2.05, 4.69) is 20.8 Å². The van der Waals surface area contributed by atoms with E-state index in [0.717, 1.165) is 12.2 Å². The van der Waals surface area contributed by atoms with E-state index in [1.165, 1.54) is 6.92 Å². The highest BCUT2D eigenvalue weighted by molar-refractivity contribution is 6.03.